The minimum absolute atomic E-state index is 0.226. The van der Waals surface area contributed by atoms with Gasteiger partial charge in [-0.1, -0.05) is 6.07 Å². The second kappa shape index (κ2) is 4.65. The van der Waals surface area contributed by atoms with Gasteiger partial charge in [0.05, 0.1) is 7.11 Å². The Morgan fingerprint density at radius 1 is 1.59 bits per heavy atom. The highest BCUT2D eigenvalue weighted by Crippen LogP contribution is 2.39. The summed E-state index contributed by atoms with van der Waals surface area (Å²) >= 11 is 0. The summed E-state index contributed by atoms with van der Waals surface area (Å²) < 4.78 is 5.20. The number of aliphatic carboxylic acids is 1. The Kier molecular flexibility index (Phi) is 3.22. The van der Waals surface area contributed by atoms with Gasteiger partial charge in [0.15, 0.2) is 0 Å². The zero-order valence-corrected chi connectivity index (χ0v) is 10.1. The lowest BCUT2D eigenvalue weighted by molar-refractivity contribution is -0.137. The molecule has 0 saturated carbocycles. The molecule has 2 rings (SSSR count). The van der Waals surface area contributed by atoms with Gasteiger partial charge in [-0.3, -0.25) is 4.79 Å². The van der Waals surface area contributed by atoms with Gasteiger partial charge in [0.2, 0.25) is 0 Å². The summed E-state index contributed by atoms with van der Waals surface area (Å²) in [4.78, 5) is 12.8. The topological polar surface area (TPSA) is 49.8 Å². The first-order chi connectivity index (χ1) is 8.11. The molecule has 1 heterocycles. The van der Waals surface area contributed by atoms with E-state index in [0.717, 1.165) is 18.0 Å². The quantitative estimate of drug-likeness (QED) is 0.868. The van der Waals surface area contributed by atoms with E-state index in [1.807, 2.05) is 25.2 Å². The molecule has 1 aliphatic rings. The molecular formula is C13H17NO3. The number of nitrogens with zero attached hydrogens (tertiary/aromatic N) is 1. The first kappa shape index (κ1) is 11.8. The maximum absolute atomic E-state index is 10.6. The SMILES string of the molecule is COc1ccc2c(c1)N(C)CC2CCC(=O)O. The third-order valence-corrected chi connectivity index (χ3v) is 3.29. The Morgan fingerprint density at radius 2 is 2.35 bits per heavy atom. The Hall–Kier alpha value is -1.71. The van der Waals surface area contributed by atoms with E-state index in [4.69, 9.17) is 9.84 Å². The molecule has 17 heavy (non-hydrogen) atoms. The van der Waals surface area contributed by atoms with Crippen molar-refractivity contribution in [1.82, 2.24) is 0 Å². The average Bonchev–Trinajstić information content (AvgIpc) is 2.63. The second-order valence-corrected chi connectivity index (χ2v) is 4.43. The first-order valence-corrected chi connectivity index (χ1v) is 5.72. The Labute approximate surface area is 101 Å². The van der Waals surface area contributed by atoms with Crippen LogP contribution in [0.25, 0.3) is 0 Å². The summed E-state index contributed by atoms with van der Waals surface area (Å²) in [5, 5.41) is 8.74. The number of fused-ring (bicyclic) bond motifs is 1. The fourth-order valence-corrected chi connectivity index (χ4v) is 2.40. The van der Waals surface area contributed by atoms with Crippen molar-refractivity contribution >= 4 is 11.7 Å². The van der Waals surface area contributed by atoms with E-state index in [-0.39, 0.29) is 6.42 Å². The van der Waals surface area contributed by atoms with Crippen molar-refractivity contribution in [1.29, 1.82) is 0 Å². The molecule has 4 nitrogen and oxygen atoms in total. The predicted molar refractivity (Wildman–Crippen MR) is 65.9 cm³/mol. The number of hydrogen-bond acceptors (Lipinski definition) is 3. The third-order valence-electron chi connectivity index (χ3n) is 3.29. The molecule has 0 fully saturated rings. The minimum Gasteiger partial charge on any atom is -0.497 e. The number of methoxy groups -OCH3 is 1. The number of hydrogen-bond donors (Lipinski definition) is 1. The average molecular weight is 235 g/mol. The molecule has 4 heteroatoms. The minimum atomic E-state index is -0.727. The van der Waals surface area contributed by atoms with E-state index >= 15 is 0 Å². The summed E-state index contributed by atoms with van der Waals surface area (Å²) in [6.45, 7) is 0.885. The van der Waals surface area contributed by atoms with Gasteiger partial charge in [0, 0.05) is 37.7 Å². The molecule has 1 atom stereocenters. The van der Waals surface area contributed by atoms with E-state index in [1.54, 1.807) is 7.11 Å². The van der Waals surface area contributed by atoms with Crippen LogP contribution in [-0.2, 0) is 4.79 Å². The maximum Gasteiger partial charge on any atom is 0.303 e. The molecule has 1 aromatic rings. The van der Waals surface area contributed by atoms with Crippen molar-refractivity contribution in [3.8, 4) is 5.75 Å². The predicted octanol–water partition coefficient (Wildman–Crippen LogP) is 2.09. The largest absolute Gasteiger partial charge is 0.497 e. The molecular weight excluding hydrogens is 218 g/mol. The monoisotopic (exact) mass is 235 g/mol. The van der Waals surface area contributed by atoms with E-state index < -0.39 is 5.97 Å². The van der Waals surface area contributed by atoms with Crippen LogP contribution in [0.4, 0.5) is 5.69 Å². The summed E-state index contributed by atoms with van der Waals surface area (Å²) in [6, 6.07) is 5.99. The van der Waals surface area contributed by atoms with Crippen LogP contribution in [0.15, 0.2) is 18.2 Å². The summed E-state index contributed by atoms with van der Waals surface area (Å²) in [5.74, 6) is 0.432. The molecule has 1 unspecified atom stereocenters. The number of anilines is 1. The van der Waals surface area contributed by atoms with E-state index in [9.17, 15) is 4.79 Å². The van der Waals surface area contributed by atoms with Crippen LogP contribution in [0.3, 0.4) is 0 Å². The highest BCUT2D eigenvalue weighted by molar-refractivity contribution is 5.67. The highest BCUT2D eigenvalue weighted by Gasteiger charge is 2.26. The molecule has 1 aromatic carbocycles. The smallest absolute Gasteiger partial charge is 0.303 e. The third kappa shape index (κ3) is 2.35. The lowest BCUT2D eigenvalue weighted by atomic mass is 9.96. The van der Waals surface area contributed by atoms with Crippen LogP contribution in [0.2, 0.25) is 0 Å². The number of ether oxygens (including phenoxy) is 1. The van der Waals surface area contributed by atoms with Crippen LogP contribution in [0.5, 0.6) is 5.75 Å². The highest BCUT2D eigenvalue weighted by atomic mass is 16.5. The number of rotatable bonds is 4. The van der Waals surface area contributed by atoms with E-state index in [0.29, 0.717) is 12.3 Å². The second-order valence-electron chi connectivity index (χ2n) is 4.43. The lowest BCUT2D eigenvalue weighted by Gasteiger charge is -2.12. The first-order valence-electron chi connectivity index (χ1n) is 5.72. The Morgan fingerprint density at radius 3 is 3.00 bits per heavy atom. The number of benzene rings is 1. The Balaban J connectivity index is 2.19. The normalized spacial score (nSPS) is 18.0. The zero-order valence-electron chi connectivity index (χ0n) is 10.1. The molecule has 1 N–H and O–H groups in total. The molecule has 1 aliphatic heterocycles. The van der Waals surface area contributed by atoms with Crippen molar-refractivity contribution in [2.45, 2.75) is 18.8 Å². The summed E-state index contributed by atoms with van der Waals surface area (Å²) in [6.07, 6.45) is 0.920. The number of carboxylic acid groups (broad SMARTS) is 1. The van der Waals surface area contributed by atoms with E-state index in [2.05, 4.69) is 4.90 Å². The molecule has 0 aromatic heterocycles. The van der Waals surface area contributed by atoms with Gasteiger partial charge in [-0.15, -0.1) is 0 Å². The molecule has 0 radical (unpaired) electrons. The van der Waals surface area contributed by atoms with Gasteiger partial charge < -0.3 is 14.7 Å². The van der Waals surface area contributed by atoms with Crippen molar-refractivity contribution in [2.75, 3.05) is 25.6 Å². The van der Waals surface area contributed by atoms with Gasteiger partial charge in [-0.25, -0.2) is 0 Å². The van der Waals surface area contributed by atoms with Crippen molar-refractivity contribution in [3.63, 3.8) is 0 Å². The van der Waals surface area contributed by atoms with Crippen molar-refractivity contribution in [2.24, 2.45) is 0 Å². The molecule has 0 bridgehead atoms. The summed E-state index contributed by atoms with van der Waals surface area (Å²) in [5.41, 5.74) is 2.38. The molecule has 0 spiro atoms. The molecule has 0 saturated heterocycles. The van der Waals surface area contributed by atoms with Crippen LogP contribution in [0, 0.1) is 0 Å². The fourth-order valence-electron chi connectivity index (χ4n) is 2.40. The summed E-state index contributed by atoms with van der Waals surface area (Å²) in [7, 11) is 3.68. The van der Waals surface area contributed by atoms with Crippen molar-refractivity contribution < 1.29 is 14.6 Å². The van der Waals surface area contributed by atoms with Gasteiger partial charge in [0.1, 0.15) is 5.75 Å². The van der Waals surface area contributed by atoms with Crippen molar-refractivity contribution in [3.05, 3.63) is 23.8 Å². The lowest BCUT2D eigenvalue weighted by Crippen LogP contribution is -2.15. The van der Waals surface area contributed by atoms with Gasteiger partial charge >= 0.3 is 5.97 Å². The molecule has 0 aliphatic carbocycles. The van der Waals surface area contributed by atoms with E-state index in [1.165, 1.54) is 5.56 Å². The molecule has 92 valence electrons. The van der Waals surface area contributed by atoms with Crippen LogP contribution in [0.1, 0.15) is 24.3 Å². The number of carboxylic acids is 1. The molecule has 0 amide bonds. The maximum atomic E-state index is 10.6. The van der Waals surface area contributed by atoms with Gasteiger partial charge in [-0.05, 0) is 18.1 Å². The standard InChI is InChI=1S/C13H17NO3/c1-14-8-9(3-6-13(15)16)11-5-4-10(17-2)7-12(11)14/h4-5,7,9H,3,6,8H2,1-2H3,(H,15,16). The van der Waals surface area contributed by atoms with Crippen LogP contribution >= 0.6 is 0 Å². The van der Waals surface area contributed by atoms with Gasteiger partial charge in [0.25, 0.3) is 0 Å². The number of carbonyl (C=O) groups is 1. The zero-order chi connectivity index (χ0) is 12.4. The Bertz CT molecular complexity index is 431. The van der Waals surface area contributed by atoms with Crippen LogP contribution in [-0.4, -0.2) is 31.8 Å². The van der Waals surface area contributed by atoms with Gasteiger partial charge in [-0.2, -0.15) is 0 Å². The fraction of sp³-hybridized carbons (Fsp3) is 0.462. The van der Waals surface area contributed by atoms with Crippen LogP contribution < -0.4 is 9.64 Å². The number of likely N-dealkylation sites (N-methyl/N-ethyl adjacent to an activating group) is 1.